The van der Waals surface area contributed by atoms with Crippen molar-refractivity contribution in [3.05, 3.63) is 35.4 Å². The topological polar surface area (TPSA) is 52.0 Å². The largest absolute Gasteiger partial charge is 0.330 e. The number of hydrogen-bond donors (Lipinski definition) is 2. The molecule has 0 spiro atoms. The molecule has 1 aliphatic carbocycles. The van der Waals surface area contributed by atoms with Gasteiger partial charge in [0.2, 0.25) is 0 Å². The molecule has 2 heteroatoms. The van der Waals surface area contributed by atoms with E-state index < -0.39 is 0 Å². The standard InChI is InChI=1S/C12H18N2/c1-9-3-2-4-10(7-9)11(14)12(8-13)5-6-12/h2-4,7,11H,5-6,8,13-14H2,1H3. The lowest BCUT2D eigenvalue weighted by Crippen LogP contribution is -2.29. The second kappa shape index (κ2) is 3.37. The zero-order valence-electron chi connectivity index (χ0n) is 8.66. The Morgan fingerprint density at radius 2 is 2.14 bits per heavy atom. The molecule has 0 heterocycles. The van der Waals surface area contributed by atoms with E-state index in [2.05, 4.69) is 31.2 Å². The number of hydrogen-bond acceptors (Lipinski definition) is 2. The van der Waals surface area contributed by atoms with Gasteiger partial charge in [-0.15, -0.1) is 0 Å². The van der Waals surface area contributed by atoms with Crippen LogP contribution in [-0.2, 0) is 0 Å². The molecule has 0 saturated heterocycles. The summed E-state index contributed by atoms with van der Waals surface area (Å²) >= 11 is 0. The van der Waals surface area contributed by atoms with Gasteiger partial charge in [0.15, 0.2) is 0 Å². The third-order valence-corrected chi connectivity index (χ3v) is 3.36. The SMILES string of the molecule is Cc1cccc(C(N)C2(CN)CC2)c1. The van der Waals surface area contributed by atoms with E-state index >= 15 is 0 Å². The van der Waals surface area contributed by atoms with Crippen molar-refractivity contribution in [2.75, 3.05) is 6.54 Å². The molecule has 0 radical (unpaired) electrons. The van der Waals surface area contributed by atoms with Gasteiger partial charge in [-0.3, -0.25) is 0 Å². The molecular weight excluding hydrogens is 172 g/mol. The first kappa shape index (κ1) is 9.69. The summed E-state index contributed by atoms with van der Waals surface area (Å²) in [7, 11) is 0. The van der Waals surface area contributed by atoms with Gasteiger partial charge < -0.3 is 11.5 Å². The van der Waals surface area contributed by atoms with Crippen molar-refractivity contribution in [1.29, 1.82) is 0 Å². The minimum absolute atomic E-state index is 0.118. The molecule has 0 aromatic heterocycles. The Morgan fingerprint density at radius 1 is 1.43 bits per heavy atom. The lowest BCUT2D eigenvalue weighted by atomic mass is 9.90. The van der Waals surface area contributed by atoms with Crippen LogP contribution in [0.4, 0.5) is 0 Å². The Balaban J connectivity index is 2.23. The maximum atomic E-state index is 6.23. The first-order valence-corrected chi connectivity index (χ1v) is 5.20. The summed E-state index contributed by atoms with van der Waals surface area (Å²) < 4.78 is 0. The van der Waals surface area contributed by atoms with Crippen LogP contribution >= 0.6 is 0 Å². The van der Waals surface area contributed by atoms with E-state index in [4.69, 9.17) is 11.5 Å². The molecule has 1 aromatic carbocycles. The highest BCUT2D eigenvalue weighted by Gasteiger charge is 2.46. The molecule has 0 amide bonds. The van der Waals surface area contributed by atoms with E-state index in [1.165, 1.54) is 24.0 Å². The van der Waals surface area contributed by atoms with Crippen molar-refractivity contribution in [2.24, 2.45) is 16.9 Å². The van der Waals surface area contributed by atoms with Crippen molar-refractivity contribution < 1.29 is 0 Å². The minimum atomic E-state index is 0.118. The fourth-order valence-electron chi connectivity index (χ4n) is 2.02. The summed E-state index contributed by atoms with van der Waals surface area (Å²) in [6, 6.07) is 8.55. The van der Waals surface area contributed by atoms with E-state index in [-0.39, 0.29) is 11.5 Å². The normalized spacial score (nSPS) is 20.5. The summed E-state index contributed by atoms with van der Waals surface area (Å²) in [5, 5.41) is 0. The zero-order chi connectivity index (χ0) is 10.2. The maximum Gasteiger partial charge on any atom is 0.0364 e. The molecule has 4 N–H and O–H groups in total. The van der Waals surface area contributed by atoms with Gasteiger partial charge in [0.1, 0.15) is 0 Å². The van der Waals surface area contributed by atoms with E-state index in [1.54, 1.807) is 0 Å². The molecular formula is C12H18N2. The van der Waals surface area contributed by atoms with Crippen LogP contribution in [0.1, 0.15) is 30.0 Å². The minimum Gasteiger partial charge on any atom is -0.330 e. The maximum absolute atomic E-state index is 6.23. The lowest BCUT2D eigenvalue weighted by molar-refractivity contribution is 0.419. The van der Waals surface area contributed by atoms with Crippen molar-refractivity contribution in [1.82, 2.24) is 0 Å². The van der Waals surface area contributed by atoms with Crippen molar-refractivity contribution >= 4 is 0 Å². The Hall–Kier alpha value is -0.860. The number of benzene rings is 1. The molecule has 1 aromatic rings. The molecule has 0 aliphatic heterocycles. The Kier molecular flexibility index (Phi) is 2.33. The lowest BCUT2D eigenvalue weighted by Gasteiger charge is -2.22. The average Bonchev–Trinajstić information content (AvgIpc) is 2.97. The van der Waals surface area contributed by atoms with Crippen LogP contribution in [0.5, 0.6) is 0 Å². The predicted octanol–water partition coefficient (Wildman–Crippen LogP) is 1.73. The summed E-state index contributed by atoms with van der Waals surface area (Å²) in [6.07, 6.45) is 2.36. The molecule has 1 aliphatic rings. The van der Waals surface area contributed by atoms with Gasteiger partial charge in [0.25, 0.3) is 0 Å². The van der Waals surface area contributed by atoms with Crippen molar-refractivity contribution in [3.63, 3.8) is 0 Å². The molecule has 76 valence electrons. The van der Waals surface area contributed by atoms with E-state index in [1.807, 2.05) is 0 Å². The molecule has 1 unspecified atom stereocenters. The monoisotopic (exact) mass is 190 g/mol. The second-order valence-corrected chi connectivity index (χ2v) is 4.46. The van der Waals surface area contributed by atoms with Crippen LogP contribution in [0.3, 0.4) is 0 Å². The summed E-state index contributed by atoms with van der Waals surface area (Å²) in [5.41, 5.74) is 14.7. The van der Waals surface area contributed by atoms with Gasteiger partial charge in [-0.2, -0.15) is 0 Å². The Labute approximate surface area is 85.3 Å². The molecule has 1 saturated carbocycles. The van der Waals surface area contributed by atoms with E-state index in [9.17, 15) is 0 Å². The van der Waals surface area contributed by atoms with Crippen LogP contribution in [0.25, 0.3) is 0 Å². The number of nitrogens with two attached hydrogens (primary N) is 2. The van der Waals surface area contributed by atoms with Crippen LogP contribution in [0, 0.1) is 12.3 Å². The first-order chi connectivity index (χ1) is 6.68. The van der Waals surface area contributed by atoms with Gasteiger partial charge in [0, 0.05) is 11.5 Å². The third-order valence-electron chi connectivity index (χ3n) is 3.36. The smallest absolute Gasteiger partial charge is 0.0364 e. The van der Waals surface area contributed by atoms with Crippen LogP contribution < -0.4 is 11.5 Å². The van der Waals surface area contributed by atoms with Crippen molar-refractivity contribution in [3.8, 4) is 0 Å². The number of aryl methyl sites for hydroxylation is 1. The first-order valence-electron chi connectivity index (χ1n) is 5.20. The van der Waals surface area contributed by atoms with Crippen LogP contribution in [0.15, 0.2) is 24.3 Å². The molecule has 1 fully saturated rings. The van der Waals surface area contributed by atoms with E-state index in [0.717, 1.165) is 0 Å². The van der Waals surface area contributed by atoms with E-state index in [0.29, 0.717) is 6.54 Å². The molecule has 1 atom stereocenters. The van der Waals surface area contributed by atoms with Gasteiger partial charge in [-0.25, -0.2) is 0 Å². The molecule has 2 rings (SSSR count). The van der Waals surface area contributed by atoms with Gasteiger partial charge in [-0.05, 0) is 31.9 Å². The predicted molar refractivity (Wildman–Crippen MR) is 58.8 cm³/mol. The number of rotatable bonds is 3. The highest BCUT2D eigenvalue weighted by Crippen LogP contribution is 2.52. The molecule has 0 bridgehead atoms. The van der Waals surface area contributed by atoms with Gasteiger partial charge in [0.05, 0.1) is 0 Å². The quantitative estimate of drug-likeness (QED) is 0.762. The Bertz CT molecular complexity index is 329. The molecule has 14 heavy (non-hydrogen) atoms. The third kappa shape index (κ3) is 1.56. The summed E-state index contributed by atoms with van der Waals surface area (Å²) in [4.78, 5) is 0. The van der Waals surface area contributed by atoms with Crippen molar-refractivity contribution in [2.45, 2.75) is 25.8 Å². The van der Waals surface area contributed by atoms with Gasteiger partial charge >= 0.3 is 0 Å². The highest BCUT2D eigenvalue weighted by molar-refractivity contribution is 5.28. The second-order valence-electron chi connectivity index (χ2n) is 4.46. The van der Waals surface area contributed by atoms with Crippen LogP contribution in [0.2, 0.25) is 0 Å². The zero-order valence-corrected chi connectivity index (χ0v) is 8.66. The fourth-order valence-corrected chi connectivity index (χ4v) is 2.02. The van der Waals surface area contributed by atoms with Crippen LogP contribution in [-0.4, -0.2) is 6.54 Å². The summed E-state index contributed by atoms with van der Waals surface area (Å²) in [5.74, 6) is 0. The highest BCUT2D eigenvalue weighted by atomic mass is 14.8. The fraction of sp³-hybridized carbons (Fsp3) is 0.500. The van der Waals surface area contributed by atoms with Gasteiger partial charge in [-0.1, -0.05) is 29.8 Å². The Morgan fingerprint density at radius 3 is 2.64 bits per heavy atom. The average molecular weight is 190 g/mol. The summed E-state index contributed by atoms with van der Waals surface area (Å²) in [6.45, 7) is 2.81. The molecule has 2 nitrogen and oxygen atoms in total.